The maximum atomic E-state index is 10.6. The van der Waals surface area contributed by atoms with Gasteiger partial charge in [0.1, 0.15) is 11.9 Å². The van der Waals surface area contributed by atoms with Crippen molar-refractivity contribution < 1.29 is 9.90 Å². The molecule has 1 heterocycles. The Morgan fingerprint density at radius 3 is 3.06 bits per heavy atom. The molecule has 0 fully saturated rings. The van der Waals surface area contributed by atoms with Gasteiger partial charge in [-0.3, -0.25) is 4.79 Å². The van der Waals surface area contributed by atoms with Crippen LogP contribution in [0.25, 0.3) is 11.0 Å². The number of nitrogens with one attached hydrogen (secondary N) is 1. The lowest BCUT2D eigenvalue weighted by Crippen LogP contribution is -2.30. The molecule has 0 aliphatic heterocycles. The van der Waals surface area contributed by atoms with Crippen molar-refractivity contribution in [3.63, 3.8) is 0 Å². The number of halogens is 1. The van der Waals surface area contributed by atoms with Crippen LogP contribution < -0.4 is 5.73 Å². The number of hydrogen-bond acceptors (Lipinski definition) is 3. The molecule has 4 N–H and O–H groups in total. The van der Waals surface area contributed by atoms with Crippen LogP contribution in [-0.4, -0.2) is 27.1 Å². The van der Waals surface area contributed by atoms with Crippen molar-refractivity contribution in [3.05, 3.63) is 29.0 Å². The minimum Gasteiger partial charge on any atom is -0.480 e. The second kappa shape index (κ2) is 4.73. The van der Waals surface area contributed by atoms with Gasteiger partial charge in [-0.25, -0.2) is 4.98 Å². The smallest absolute Gasteiger partial charge is 0.320 e. The molecule has 0 aliphatic rings. The number of imidazole rings is 1. The molecule has 1 atom stereocenters. The second-order valence-electron chi connectivity index (χ2n) is 3.83. The summed E-state index contributed by atoms with van der Waals surface area (Å²) in [5.41, 5.74) is 7.08. The molecule has 6 heteroatoms. The fraction of sp³-hybridized carbons (Fsp3) is 0.273. The van der Waals surface area contributed by atoms with E-state index in [0.717, 1.165) is 16.9 Å². The number of benzene rings is 1. The minimum absolute atomic E-state index is 0.350. The average molecular weight is 254 g/mol. The van der Waals surface area contributed by atoms with Crippen molar-refractivity contribution in [2.75, 3.05) is 0 Å². The summed E-state index contributed by atoms with van der Waals surface area (Å²) in [7, 11) is 0. The number of carboxylic acid groups (broad SMARTS) is 1. The number of rotatable bonds is 4. The van der Waals surface area contributed by atoms with Gasteiger partial charge in [-0.2, -0.15) is 0 Å². The van der Waals surface area contributed by atoms with Gasteiger partial charge in [0.25, 0.3) is 0 Å². The Hall–Kier alpha value is -1.59. The molecule has 0 saturated heterocycles. The summed E-state index contributed by atoms with van der Waals surface area (Å²) in [6.07, 6.45) is 0.850. The van der Waals surface area contributed by atoms with E-state index in [1.807, 2.05) is 6.07 Å². The minimum atomic E-state index is -0.996. The van der Waals surface area contributed by atoms with Crippen LogP contribution in [0.4, 0.5) is 0 Å². The monoisotopic (exact) mass is 253 g/mol. The molecule has 2 rings (SSSR count). The SMILES string of the molecule is N[C@@H](CCc1nc2ccc(Cl)cc2[nH]1)C(=O)O. The molecule has 0 saturated carbocycles. The highest BCUT2D eigenvalue weighted by atomic mass is 35.5. The Bertz CT molecular complexity index is 553. The molecule has 2 aromatic rings. The van der Waals surface area contributed by atoms with Crippen LogP contribution in [0.2, 0.25) is 5.02 Å². The molecule has 0 aliphatic carbocycles. The maximum Gasteiger partial charge on any atom is 0.320 e. The summed E-state index contributed by atoms with van der Waals surface area (Å²) < 4.78 is 0. The highest BCUT2D eigenvalue weighted by Crippen LogP contribution is 2.17. The van der Waals surface area contributed by atoms with Gasteiger partial charge in [-0.1, -0.05) is 11.6 Å². The number of nitrogens with zero attached hydrogens (tertiary/aromatic N) is 1. The van der Waals surface area contributed by atoms with Gasteiger partial charge in [-0.05, 0) is 24.6 Å². The fourth-order valence-electron chi connectivity index (χ4n) is 1.57. The highest BCUT2D eigenvalue weighted by molar-refractivity contribution is 6.31. The molecular formula is C11H12ClN3O2. The van der Waals surface area contributed by atoms with Gasteiger partial charge in [0.15, 0.2) is 0 Å². The summed E-state index contributed by atoms with van der Waals surface area (Å²) in [6, 6.07) is 4.50. The van der Waals surface area contributed by atoms with Gasteiger partial charge in [0.2, 0.25) is 0 Å². The topological polar surface area (TPSA) is 92.0 Å². The van der Waals surface area contributed by atoms with Crippen LogP contribution in [0.5, 0.6) is 0 Å². The van der Waals surface area contributed by atoms with Crippen LogP contribution in [-0.2, 0) is 11.2 Å². The zero-order valence-corrected chi connectivity index (χ0v) is 9.74. The van der Waals surface area contributed by atoms with Gasteiger partial charge in [0.05, 0.1) is 11.0 Å². The lowest BCUT2D eigenvalue weighted by Gasteiger charge is -2.03. The Morgan fingerprint density at radius 2 is 2.35 bits per heavy atom. The summed E-state index contributed by atoms with van der Waals surface area (Å²) in [6.45, 7) is 0. The van der Waals surface area contributed by atoms with Crippen molar-refractivity contribution in [2.45, 2.75) is 18.9 Å². The van der Waals surface area contributed by atoms with Gasteiger partial charge in [-0.15, -0.1) is 0 Å². The first kappa shape index (κ1) is 11.9. The summed E-state index contributed by atoms with van der Waals surface area (Å²) >= 11 is 5.85. The average Bonchev–Trinajstić information content (AvgIpc) is 2.67. The number of hydrogen-bond donors (Lipinski definition) is 3. The van der Waals surface area contributed by atoms with E-state index in [1.54, 1.807) is 12.1 Å². The molecule has 1 aromatic carbocycles. The summed E-state index contributed by atoms with van der Waals surface area (Å²) in [5.74, 6) is -0.275. The van der Waals surface area contributed by atoms with E-state index in [2.05, 4.69) is 9.97 Å². The Balaban J connectivity index is 2.12. The van der Waals surface area contributed by atoms with Crippen molar-refractivity contribution >= 4 is 28.6 Å². The van der Waals surface area contributed by atoms with E-state index >= 15 is 0 Å². The van der Waals surface area contributed by atoms with E-state index in [4.69, 9.17) is 22.4 Å². The molecule has 0 unspecified atom stereocenters. The van der Waals surface area contributed by atoms with Gasteiger partial charge >= 0.3 is 5.97 Å². The first-order valence-corrected chi connectivity index (χ1v) is 5.56. The first-order chi connectivity index (χ1) is 8.06. The van der Waals surface area contributed by atoms with Crippen LogP contribution >= 0.6 is 11.6 Å². The number of aliphatic carboxylic acids is 1. The number of aromatic amines is 1. The molecule has 90 valence electrons. The zero-order chi connectivity index (χ0) is 12.4. The van der Waals surface area contributed by atoms with E-state index in [1.165, 1.54) is 0 Å². The molecule has 5 nitrogen and oxygen atoms in total. The molecule has 0 amide bonds. The molecule has 0 spiro atoms. The van der Waals surface area contributed by atoms with Crippen LogP contribution in [0.15, 0.2) is 18.2 Å². The number of carbonyl (C=O) groups is 1. The van der Waals surface area contributed by atoms with Crippen LogP contribution in [0, 0.1) is 0 Å². The van der Waals surface area contributed by atoms with E-state index in [-0.39, 0.29) is 0 Å². The van der Waals surface area contributed by atoms with E-state index in [0.29, 0.717) is 17.9 Å². The quantitative estimate of drug-likeness (QED) is 0.771. The molecule has 1 aromatic heterocycles. The van der Waals surface area contributed by atoms with Gasteiger partial charge < -0.3 is 15.8 Å². The van der Waals surface area contributed by atoms with Crippen molar-refractivity contribution in [3.8, 4) is 0 Å². The predicted molar refractivity (Wildman–Crippen MR) is 65.0 cm³/mol. The molecule has 0 bridgehead atoms. The third-order valence-electron chi connectivity index (χ3n) is 2.50. The third-order valence-corrected chi connectivity index (χ3v) is 2.74. The van der Waals surface area contributed by atoms with Crippen molar-refractivity contribution in [1.82, 2.24) is 9.97 Å². The Morgan fingerprint density at radius 1 is 1.59 bits per heavy atom. The molecule has 17 heavy (non-hydrogen) atoms. The van der Waals surface area contributed by atoms with Crippen molar-refractivity contribution in [2.24, 2.45) is 5.73 Å². The van der Waals surface area contributed by atoms with E-state index in [9.17, 15) is 4.79 Å². The lowest BCUT2D eigenvalue weighted by atomic mass is 10.2. The lowest BCUT2D eigenvalue weighted by molar-refractivity contribution is -0.138. The van der Waals surface area contributed by atoms with Gasteiger partial charge in [0, 0.05) is 11.4 Å². The normalized spacial score (nSPS) is 12.8. The van der Waals surface area contributed by atoms with E-state index < -0.39 is 12.0 Å². The molecular weight excluding hydrogens is 242 g/mol. The Kier molecular flexibility index (Phi) is 3.31. The second-order valence-corrected chi connectivity index (χ2v) is 4.26. The zero-order valence-electron chi connectivity index (χ0n) is 8.98. The first-order valence-electron chi connectivity index (χ1n) is 5.19. The summed E-state index contributed by atoms with van der Waals surface area (Å²) in [5, 5.41) is 9.30. The number of aryl methyl sites for hydroxylation is 1. The third kappa shape index (κ3) is 2.75. The highest BCUT2D eigenvalue weighted by Gasteiger charge is 2.12. The summed E-state index contributed by atoms with van der Waals surface area (Å²) in [4.78, 5) is 18.0. The number of fused-ring (bicyclic) bond motifs is 1. The maximum absolute atomic E-state index is 10.6. The van der Waals surface area contributed by atoms with Crippen LogP contribution in [0.3, 0.4) is 0 Å². The number of H-pyrrole nitrogens is 1. The Labute approximate surface area is 103 Å². The number of carboxylic acids is 1. The number of aromatic nitrogens is 2. The number of nitrogens with two attached hydrogens (primary N) is 1. The van der Waals surface area contributed by atoms with Crippen molar-refractivity contribution in [1.29, 1.82) is 0 Å². The standard InChI is InChI=1S/C11H12ClN3O2/c12-6-1-3-8-9(5-6)15-10(14-8)4-2-7(13)11(16)17/h1,3,5,7H,2,4,13H2,(H,14,15)(H,16,17)/t7-/m0/s1. The largest absolute Gasteiger partial charge is 0.480 e. The van der Waals surface area contributed by atoms with Crippen LogP contribution in [0.1, 0.15) is 12.2 Å². The molecule has 0 radical (unpaired) electrons. The fourth-order valence-corrected chi connectivity index (χ4v) is 1.74. The predicted octanol–water partition coefficient (Wildman–Crippen LogP) is 1.56.